The molecule has 0 spiro atoms. The topological polar surface area (TPSA) is 84.9 Å². The lowest BCUT2D eigenvalue weighted by Gasteiger charge is -2.15. The fourth-order valence-electron chi connectivity index (χ4n) is 3.78. The number of ether oxygens (including phenoxy) is 2. The normalized spacial score (nSPS) is 14.5. The van der Waals surface area contributed by atoms with Crippen LogP contribution in [0.2, 0.25) is 0 Å². The number of halogens is 4. The molecule has 7 nitrogen and oxygen atoms in total. The molecular weight excluding hydrogens is 625 g/mol. The predicted molar refractivity (Wildman–Crippen MR) is 154 cm³/mol. The van der Waals surface area contributed by atoms with Crippen molar-refractivity contribution in [1.82, 2.24) is 4.90 Å². The molecule has 12 heteroatoms. The van der Waals surface area contributed by atoms with E-state index in [2.05, 4.69) is 21.2 Å². The van der Waals surface area contributed by atoms with E-state index in [0.717, 1.165) is 34.2 Å². The molecule has 4 rings (SSSR count). The molecule has 1 N–H and O–H groups in total. The Morgan fingerprint density at radius 3 is 2.44 bits per heavy atom. The molecule has 1 saturated heterocycles. The number of imide groups is 1. The lowest BCUT2D eigenvalue weighted by molar-refractivity contribution is -0.137. The molecule has 1 fully saturated rings. The number of alkyl halides is 3. The van der Waals surface area contributed by atoms with Crippen LogP contribution in [0.5, 0.6) is 11.5 Å². The lowest BCUT2D eigenvalue weighted by atomic mass is 10.1. The second-order valence-corrected chi connectivity index (χ2v) is 10.8. The summed E-state index contributed by atoms with van der Waals surface area (Å²) in [7, 11) is 0. The van der Waals surface area contributed by atoms with Gasteiger partial charge in [-0.15, -0.1) is 0 Å². The first-order valence-corrected chi connectivity index (χ1v) is 13.9. The Bertz CT molecular complexity index is 1510. The summed E-state index contributed by atoms with van der Waals surface area (Å²) in [5.74, 6) is -0.601. The molecule has 0 unspecified atom stereocenters. The van der Waals surface area contributed by atoms with E-state index in [0.29, 0.717) is 46.5 Å². The number of rotatable bonds is 9. The standard InChI is InChI=1S/C29H24BrF3N2O5S/c1-3-39-23-11-19(22(30)14-24(23)40-16-18-9-7-17(2)8-10-18)12-25-27(37)35(28(38)41-25)15-26(36)34-21-6-4-5-20(13-21)29(31,32)33/h4-14H,3,15-16H2,1-2H3,(H,34,36)/b25-12-. The zero-order valence-corrected chi connectivity index (χ0v) is 24.3. The van der Waals surface area contributed by atoms with Gasteiger partial charge in [-0.2, -0.15) is 13.2 Å². The highest BCUT2D eigenvalue weighted by molar-refractivity contribution is 9.10. The average Bonchev–Trinajstić information content (AvgIpc) is 3.17. The fraction of sp³-hybridized carbons (Fsp3) is 0.207. The van der Waals surface area contributed by atoms with Crippen molar-refractivity contribution in [1.29, 1.82) is 0 Å². The van der Waals surface area contributed by atoms with E-state index in [4.69, 9.17) is 9.47 Å². The Morgan fingerprint density at radius 2 is 1.76 bits per heavy atom. The van der Waals surface area contributed by atoms with Gasteiger partial charge < -0.3 is 14.8 Å². The van der Waals surface area contributed by atoms with E-state index in [1.807, 2.05) is 38.1 Å². The van der Waals surface area contributed by atoms with Gasteiger partial charge in [0.2, 0.25) is 5.91 Å². The van der Waals surface area contributed by atoms with Crippen molar-refractivity contribution in [2.24, 2.45) is 0 Å². The number of hydrogen-bond donors (Lipinski definition) is 1. The molecule has 0 aromatic heterocycles. The highest BCUT2D eigenvalue weighted by Crippen LogP contribution is 2.38. The second-order valence-electron chi connectivity index (χ2n) is 8.92. The van der Waals surface area contributed by atoms with E-state index in [9.17, 15) is 27.6 Å². The van der Waals surface area contributed by atoms with E-state index in [-0.39, 0.29) is 10.6 Å². The summed E-state index contributed by atoms with van der Waals surface area (Å²) in [6, 6.07) is 15.4. The minimum Gasteiger partial charge on any atom is -0.490 e. The molecule has 0 bridgehead atoms. The molecule has 1 aliphatic heterocycles. The fourth-order valence-corrected chi connectivity index (χ4v) is 5.05. The molecular formula is C29H24BrF3N2O5S. The van der Waals surface area contributed by atoms with Gasteiger partial charge in [0, 0.05) is 10.2 Å². The number of benzene rings is 3. The van der Waals surface area contributed by atoms with Crippen LogP contribution < -0.4 is 14.8 Å². The SMILES string of the molecule is CCOc1cc(/C=C2\SC(=O)N(CC(=O)Nc3cccc(C(F)(F)F)c3)C2=O)c(Br)cc1OCc1ccc(C)cc1. The molecule has 0 atom stereocenters. The first kappa shape index (κ1) is 30.2. The maximum Gasteiger partial charge on any atom is 0.416 e. The van der Waals surface area contributed by atoms with Crippen LogP contribution in [0.1, 0.15) is 29.2 Å². The monoisotopic (exact) mass is 648 g/mol. The van der Waals surface area contributed by atoms with Crippen LogP contribution in [0.15, 0.2) is 70.0 Å². The zero-order chi connectivity index (χ0) is 29.7. The summed E-state index contributed by atoms with van der Waals surface area (Å²) in [5, 5.41) is 1.62. The van der Waals surface area contributed by atoms with E-state index < -0.39 is 35.3 Å². The molecule has 1 aliphatic rings. The van der Waals surface area contributed by atoms with Gasteiger partial charge in [-0.1, -0.05) is 51.8 Å². The average molecular weight is 649 g/mol. The van der Waals surface area contributed by atoms with Gasteiger partial charge in [-0.05, 0) is 73.1 Å². The van der Waals surface area contributed by atoms with Gasteiger partial charge >= 0.3 is 6.18 Å². The summed E-state index contributed by atoms with van der Waals surface area (Å²) in [5.41, 5.74) is 1.60. The first-order chi connectivity index (χ1) is 19.4. The number of carbonyl (C=O) groups is 3. The second kappa shape index (κ2) is 12.8. The molecule has 3 amide bonds. The summed E-state index contributed by atoms with van der Waals surface area (Å²) in [6.45, 7) is 3.83. The summed E-state index contributed by atoms with van der Waals surface area (Å²) in [4.78, 5) is 38.8. The number of aryl methyl sites for hydroxylation is 1. The van der Waals surface area contributed by atoms with Gasteiger partial charge in [-0.25, -0.2) is 0 Å². The largest absolute Gasteiger partial charge is 0.490 e. The van der Waals surface area contributed by atoms with Crippen molar-refractivity contribution in [3.8, 4) is 11.5 Å². The van der Waals surface area contributed by atoms with Crippen LogP contribution in [-0.4, -0.2) is 35.1 Å². The Morgan fingerprint density at radius 1 is 1.05 bits per heavy atom. The van der Waals surface area contributed by atoms with Crippen molar-refractivity contribution in [2.75, 3.05) is 18.5 Å². The highest BCUT2D eigenvalue weighted by Gasteiger charge is 2.37. The number of nitrogens with zero attached hydrogens (tertiary/aromatic N) is 1. The highest BCUT2D eigenvalue weighted by atomic mass is 79.9. The van der Waals surface area contributed by atoms with Gasteiger partial charge in [0.25, 0.3) is 11.1 Å². The Balaban J connectivity index is 1.47. The van der Waals surface area contributed by atoms with E-state index in [1.165, 1.54) is 12.1 Å². The smallest absolute Gasteiger partial charge is 0.416 e. The van der Waals surface area contributed by atoms with E-state index >= 15 is 0 Å². The van der Waals surface area contributed by atoms with Crippen LogP contribution >= 0.6 is 27.7 Å². The number of thioether (sulfide) groups is 1. The zero-order valence-electron chi connectivity index (χ0n) is 21.9. The van der Waals surface area contributed by atoms with E-state index in [1.54, 1.807) is 12.1 Å². The third-order valence-corrected chi connectivity index (χ3v) is 7.41. The number of hydrogen-bond acceptors (Lipinski definition) is 6. The van der Waals surface area contributed by atoms with Crippen molar-refractivity contribution in [3.63, 3.8) is 0 Å². The Hall–Kier alpha value is -3.77. The van der Waals surface area contributed by atoms with Crippen LogP contribution in [0.4, 0.5) is 23.7 Å². The maximum absolute atomic E-state index is 13.0. The molecule has 3 aromatic rings. The van der Waals surface area contributed by atoms with Crippen LogP contribution in [0.3, 0.4) is 0 Å². The third kappa shape index (κ3) is 7.70. The van der Waals surface area contributed by atoms with Crippen molar-refractivity contribution in [2.45, 2.75) is 26.6 Å². The quantitative estimate of drug-likeness (QED) is 0.243. The van der Waals surface area contributed by atoms with Crippen molar-refractivity contribution >= 4 is 56.5 Å². The molecule has 214 valence electrons. The minimum atomic E-state index is -4.58. The predicted octanol–water partition coefficient (Wildman–Crippen LogP) is 7.43. The number of anilines is 1. The molecule has 41 heavy (non-hydrogen) atoms. The minimum absolute atomic E-state index is 0.0679. The first-order valence-electron chi connectivity index (χ1n) is 12.3. The Kier molecular flexibility index (Phi) is 9.44. The van der Waals surface area contributed by atoms with Crippen LogP contribution in [0.25, 0.3) is 6.08 Å². The molecule has 1 heterocycles. The van der Waals surface area contributed by atoms with Crippen molar-refractivity contribution in [3.05, 3.63) is 92.3 Å². The van der Waals surface area contributed by atoms with Gasteiger partial charge in [-0.3, -0.25) is 19.3 Å². The summed E-state index contributed by atoms with van der Waals surface area (Å²) >= 11 is 4.13. The van der Waals surface area contributed by atoms with Crippen LogP contribution in [0, 0.1) is 6.92 Å². The molecule has 0 aliphatic carbocycles. The van der Waals surface area contributed by atoms with Gasteiger partial charge in [0.05, 0.1) is 17.1 Å². The number of carbonyl (C=O) groups excluding carboxylic acids is 3. The molecule has 0 saturated carbocycles. The Labute approximate surface area is 246 Å². The summed E-state index contributed by atoms with van der Waals surface area (Å²) < 4.78 is 51.2. The number of nitrogens with one attached hydrogen (secondary N) is 1. The van der Waals surface area contributed by atoms with Crippen molar-refractivity contribution < 1.29 is 37.0 Å². The number of amides is 3. The molecule has 3 aromatic carbocycles. The van der Waals surface area contributed by atoms with Gasteiger partial charge in [0.15, 0.2) is 11.5 Å². The van der Waals surface area contributed by atoms with Crippen LogP contribution in [-0.2, 0) is 22.4 Å². The molecule has 0 radical (unpaired) electrons. The van der Waals surface area contributed by atoms with Gasteiger partial charge in [0.1, 0.15) is 13.2 Å². The lowest BCUT2D eigenvalue weighted by Crippen LogP contribution is -2.36. The maximum atomic E-state index is 13.0. The third-order valence-electron chi connectivity index (χ3n) is 5.81. The summed E-state index contributed by atoms with van der Waals surface area (Å²) in [6.07, 6.45) is -3.09.